The van der Waals surface area contributed by atoms with E-state index in [4.69, 9.17) is 4.74 Å². The van der Waals surface area contributed by atoms with Crippen LogP contribution in [0.5, 0.6) is 0 Å². The van der Waals surface area contributed by atoms with Gasteiger partial charge >= 0.3 is 0 Å². The summed E-state index contributed by atoms with van der Waals surface area (Å²) < 4.78 is 5.21. The number of carbonyl (C=O) groups is 2. The first-order valence-corrected chi connectivity index (χ1v) is 4.52. The van der Waals surface area contributed by atoms with E-state index in [1.165, 1.54) is 13.0 Å². The van der Waals surface area contributed by atoms with E-state index in [9.17, 15) is 9.59 Å². The van der Waals surface area contributed by atoms with Gasteiger partial charge in [-0.15, -0.1) is 0 Å². The van der Waals surface area contributed by atoms with Gasteiger partial charge in [0.1, 0.15) is 5.78 Å². The lowest BCUT2D eigenvalue weighted by Gasteiger charge is -2.18. The van der Waals surface area contributed by atoms with Crippen LogP contribution in [0.3, 0.4) is 0 Å². The summed E-state index contributed by atoms with van der Waals surface area (Å²) in [6.45, 7) is 3.91. The number of carbonyl (C=O) groups excluding carboxylic acids is 2. The first-order valence-electron chi connectivity index (χ1n) is 4.52. The first kappa shape index (κ1) is 9.96. The number of allylic oxidation sites excluding steroid dienone is 2. The fraction of sp³-hybridized carbons (Fsp3) is 0.600. The third-order valence-corrected chi connectivity index (χ3v) is 2.15. The molecule has 1 unspecified atom stereocenters. The van der Waals surface area contributed by atoms with Gasteiger partial charge in [-0.3, -0.25) is 9.59 Å². The molecular formula is C10H14O3. The van der Waals surface area contributed by atoms with Crippen LogP contribution in [-0.2, 0) is 14.3 Å². The number of hydrogen-bond donors (Lipinski definition) is 0. The normalized spacial score (nSPS) is 22.5. The van der Waals surface area contributed by atoms with E-state index in [1.54, 1.807) is 0 Å². The lowest BCUT2D eigenvalue weighted by atomic mass is 9.89. The van der Waals surface area contributed by atoms with Crippen molar-refractivity contribution in [1.82, 2.24) is 0 Å². The van der Waals surface area contributed by atoms with Gasteiger partial charge in [0, 0.05) is 12.5 Å². The van der Waals surface area contributed by atoms with Crippen molar-refractivity contribution in [2.24, 2.45) is 5.92 Å². The molecule has 1 atom stereocenters. The summed E-state index contributed by atoms with van der Waals surface area (Å²) in [5.41, 5.74) is 0. The Morgan fingerprint density at radius 2 is 2.38 bits per heavy atom. The van der Waals surface area contributed by atoms with E-state index in [0.29, 0.717) is 25.2 Å². The van der Waals surface area contributed by atoms with Gasteiger partial charge in [0.2, 0.25) is 0 Å². The van der Waals surface area contributed by atoms with Crippen LogP contribution in [0.25, 0.3) is 0 Å². The molecule has 0 saturated heterocycles. The summed E-state index contributed by atoms with van der Waals surface area (Å²) in [7, 11) is 0. The minimum absolute atomic E-state index is 0.0446. The number of Topliss-reactive ketones (excluding diaryl/α,β-unsaturated/α-hetero) is 1. The van der Waals surface area contributed by atoms with Crippen LogP contribution in [0.15, 0.2) is 11.8 Å². The Morgan fingerprint density at radius 1 is 1.69 bits per heavy atom. The van der Waals surface area contributed by atoms with E-state index >= 15 is 0 Å². The summed E-state index contributed by atoms with van der Waals surface area (Å²) in [5.74, 6) is 0.133. The van der Waals surface area contributed by atoms with Crippen LogP contribution in [0.4, 0.5) is 0 Å². The van der Waals surface area contributed by atoms with E-state index in [-0.39, 0.29) is 11.6 Å². The van der Waals surface area contributed by atoms with Crippen molar-refractivity contribution in [2.75, 3.05) is 6.61 Å². The Bertz CT molecular complexity index is 253. The van der Waals surface area contributed by atoms with Crippen molar-refractivity contribution in [3.63, 3.8) is 0 Å². The van der Waals surface area contributed by atoms with Gasteiger partial charge in [0.25, 0.3) is 0 Å². The standard InChI is InChI=1S/C10H14O3/c1-3-13-8-4-5-9(7(2)11)10(12)6-8/h6,9H,3-5H2,1-2H3. The first-order chi connectivity index (χ1) is 6.15. The van der Waals surface area contributed by atoms with Gasteiger partial charge < -0.3 is 4.74 Å². The number of rotatable bonds is 3. The fourth-order valence-electron chi connectivity index (χ4n) is 1.46. The maximum Gasteiger partial charge on any atom is 0.169 e. The van der Waals surface area contributed by atoms with Crippen LogP contribution in [0.2, 0.25) is 0 Å². The molecule has 0 aromatic rings. The Kier molecular flexibility index (Phi) is 3.23. The average Bonchev–Trinajstić information content (AvgIpc) is 2.04. The average molecular weight is 182 g/mol. The lowest BCUT2D eigenvalue weighted by molar-refractivity contribution is -0.129. The second kappa shape index (κ2) is 4.21. The zero-order chi connectivity index (χ0) is 9.84. The molecule has 0 heterocycles. The fourth-order valence-corrected chi connectivity index (χ4v) is 1.46. The quantitative estimate of drug-likeness (QED) is 0.621. The van der Waals surface area contributed by atoms with E-state index in [0.717, 1.165) is 0 Å². The van der Waals surface area contributed by atoms with Crippen molar-refractivity contribution in [1.29, 1.82) is 0 Å². The van der Waals surface area contributed by atoms with Crippen LogP contribution < -0.4 is 0 Å². The van der Waals surface area contributed by atoms with Crippen LogP contribution in [0.1, 0.15) is 26.7 Å². The zero-order valence-electron chi connectivity index (χ0n) is 8.00. The molecule has 0 fully saturated rings. The predicted octanol–water partition coefficient (Wildman–Crippen LogP) is 1.47. The molecule has 1 rings (SSSR count). The largest absolute Gasteiger partial charge is 0.498 e. The lowest BCUT2D eigenvalue weighted by Crippen LogP contribution is -2.24. The summed E-state index contributed by atoms with van der Waals surface area (Å²) in [4.78, 5) is 22.3. The SMILES string of the molecule is CCOC1=CC(=O)C(C(C)=O)CC1. The second-order valence-electron chi connectivity index (χ2n) is 3.15. The van der Waals surface area contributed by atoms with Gasteiger partial charge in [-0.2, -0.15) is 0 Å². The maximum atomic E-state index is 11.3. The van der Waals surface area contributed by atoms with Gasteiger partial charge in [-0.1, -0.05) is 0 Å². The third-order valence-electron chi connectivity index (χ3n) is 2.15. The molecular weight excluding hydrogens is 168 g/mol. The van der Waals surface area contributed by atoms with Gasteiger partial charge in [-0.25, -0.2) is 0 Å². The molecule has 0 aliphatic heterocycles. The van der Waals surface area contributed by atoms with Crippen LogP contribution in [0, 0.1) is 5.92 Å². The highest BCUT2D eigenvalue weighted by Gasteiger charge is 2.26. The monoisotopic (exact) mass is 182 g/mol. The molecule has 0 amide bonds. The summed E-state index contributed by atoms with van der Waals surface area (Å²) in [6.07, 6.45) is 2.75. The van der Waals surface area contributed by atoms with Gasteiger partial charge in [0.15, 0.2) is 5.78 Å². The molecule has 0 spiro atoms. The Morgan fingerprint density at radius 3 is 2.85 bits per heavy atom. The molecule has 0 radical (unpaired) electrons. The zero-order valence-corrected chi connectivity index (χ0v) is 8.00. The number of ether oxygens (including phenoxy) is 1. The molecule has 0 N–H and O–H groups in total. The Balaban J connectivity index is 2.66. The highest BCUT2D eigenvalue weighted by Crippen LogP contribution is 2.22. The maximum absolute atomic E-state index is 11.3. The van der Waals surface area contributed by atoms with Crippen molar-refractivity contribution in [2.45, 2.75) is 26.7 Å². The van der Waals surface area contributed by atoms with Crippen molar-refractivity contribution >= 4 is 11.6 Å². The van der Waals surface area contributed by atoms with E-state index in [1.807, 2.05) is 6.92 Å². The molecule has 1 aliphatic carbocycles. The molecule has 13 heavy (non-hydrogen) atoms. The predicted molar refractivity (Wildman–Crippen MR) is 48.1 cm³/mol. The molecule has 0 saturated carbocycles. The Labute approximate surface area is 77.8 Å². The molecule has 1 aliphatic rings. The van der Waals surface area contributed by atoms with Gasteiger partial charge in [0.05, 0.1) is 18.3 Å². The molecule has 3 heteroatoms. The smallest absolute Gasteiger partial charge is 0.169 e. The highest BCUT2D eigenvalue weighted by atomic mass is 16.5. The molecule has 0 aromatic heterocycles. The molecule has 0 aromatic carbocycles. The third kappa shape index (κ3) is 2.41. The summed E-state index contributed by atoms with van der Waals surface area (Å²) in [6, 6.07) is 0. The Hall–Kier alpha value is -1.12. The van der Waals surface area contributed by atoms with E-state index in [2.05, 4.69) is 0 Å². The molecule has 72 valence electrons. The van der Waals surface area contributed by atoms with Crippen molar-refractivity contribution < 1.29 is 14.3 Å². The number of hydrogen-bond acceptors (Lipinski definition) is 3. The topological polar surface area (TPSA) is 43.4 Å². The number of ketones is 2. The second-order valence-corrected chi connectivity index (χ2v) is 3.15. The van der Waals surface area contributed by atoms with Crippen molar-refractivity contribution in [3.05, 3.63) is 11.8 Å². The van der Waals surface area contributed by atoms with Crippen LogP contribution in [-0.4, -0.2) is 18.2 Å². The minimum atomic E-state index is -0.427. The van der Waals surface area contributed by atoms with E-state index < -0.39 is 5.92 Å². The van der Waals surface area contributed by atoms with Crippen molar-refractivity contribution in [3.8, 4) is 0 Å². The van der Waals surface area contributed by atoms with Crippen LogP contribution >= 0.6 is 0 Å². The minimum Gasteiger partial charge on any atom is -0.498 e. The molecule has 0 bridgehead atoms. The van der Waals surface area contributed by atoms with Gasteiger partial charge in [-0.05, 0) is 20.3 Å². The highest BCUT2D eigenvalue weighted by molar-refractivity contribution is 6.07. The summed E-state index contributed by atoms with van der Waals surface area (Å²) in [5, 5.41) is 0. The molecule has 3 nitrogen and oxygen atoms in total. The summed E-state index contributed by atoms with van der Waals surface area (Å²) >= 11 is 0.